The molecule has 5 heteroatoms. The highest BCUT2D eigenvalue weighted by molar-refractivity contribution is 5.94. The summed E-state index contributed by atoms with van der Waals surface area (Å²) in [5.74, 6) is -0.791. The number of amides is 1. The minimum atomic E-state index is -0.544. The molecular formula is C13H18FN3O. The number of rotatable bonds is 1. The lowest BCUT2D eigenvalue weighted by molar-refractivity contribution is 0.0758. The molecule has 98 valence electrons. The van der Waals surface area contributed by atoms with E-state index in [-0.39, 0.29) is 11.5 Å². The zero-order valence-electron chi connectivity index (χ0n) is 10.5. The van der Waals surface area contributed by atoms with Gasteiger partial charge in [-0.15, -0.1) is 0 Å². The third-order valence-electron chi connectivity index (χ3n) is 3.23. The molecule has 0 radical (unpaired) electrons. The van der Waals surface area contributed by atoms with Crippen LogP contribution in [0.3, 0.4) is 0 Å². The lowest BCUT2D eigenvalue weighted by atomic mass is 10.1. The van der Waals surface area contributed by atoms with E-state index in [0.717, 1.165) is 19.5 Å². The van der Waals surface area contributed by atoms with Gasteiger partial charge in [0.1, 0.15) is 5.82 Å². The van der Waals surface area contributed by atoms with Gasteiger partial charge in [0.25, 0.3) is 5.91 Å². The molecule has 0 saturated carbocycles. The largest absolute Gasteiger partial charge is 0.399 e. The van der Waals surface area contributed by atoms with Crippen molar-refractivity contribution < 1.29 is 9.18 Å². The lowest BCUT2D eigenvalue weighted by Gasteiger charge is -2.20. The number of anilines is 1. The molecule has 18 heavy (non-hydrogen) atoms. The van der Waals surface area contributed by atoms with Gasteiger partial charge in [-0.25, -0.2) is 4.39 Å². The number of nitrogen functional groups attached to an aromatic ring is 1. The Morgan fingerprint density at radius 1 is 1.28 bits per heavy atom. The van der Waals surface area contributed by atoms with Gasteiger partial charge in [-0.2, -0.15) is 0 Å². The van der Waals surface area contributed by atoms with Crippen molar-refractivity contribution in [3.05, 3.63) is 29.6 Å². The van der Waals surface area contributed by atoms with Gasteiger partial charge in [-0.3, -0.25) is 4.79 Å². The van der Waals surface area contributed by atoms with Gasteiger partial charge in [0.15, 0.2) is 0 Å². The van der Waals surface area contributed by atoms with Gasteiger partial charge in [0.05, 0.1) is 5.56 Å². The van der Waals surface area contributed by atoms with E-state index < -0.39 is 5.82 Å². The SMILES string of the molecule is CN1CCCN(C(=O)c2ccc(N)cc2F)CC1. The van der Waals surface area contributed by atoms with Crippen molar-refractivity contribution in [1.29, 1.82) is 0 Å². The molecule has 0 aliphatic carbocycles. The first-order valence-corrected chi connectivity index (χ1v) is 6.11. The van der Waals surface area contributed by atoms with Gasteiger partial charge in [0, 0.05) is 25.3 Å². The highest BCUT2D eigenvalue weighted by Gasteiger charge is 2.21. The maximum atomic E-state index is 13.7. The van der Waals surface area contributed by atoms with Crippen molar-refractivity contribution in [3.8, 4) is 0 Å². The first-order valence-electron chi connectivity index (χ1n) is 6.11. The molecule has 1 heterocycles. The molecule has 0 aromatic heterocycles. The van der Waals surface area contributed by atoms with E-state index in [0.29, 0.717) is 18.8 Å². The number of carbonyl (C=O) groups excluding carboxylic acids is 1. The minimum Gasteiger partial charge on any atom is -0.399 e. The van der Waals surface area contributed by atoms with E-state index in [9.17, 15) is 9.18 Å². The van der Waals surface area contributed by atoms with Crippen LogP contribution >= 0.6 is 0 Å². The van der Waals surface area contributed by atoms with Gasteiger partial charge >= 0.3 is 0 Å². The minimum absolute atomic E-state index is 0.105. The fraction of sp³-hybridized carbons (Fsp3) is 0.462. The summed E-state index contributed by atoms with van der Waals surface area (Å²) in [7, 11) is 2.03. The van der Waals surface area contributed by atoms with Gasteiger partial charge in [-0.1, -0.05) is 0 Å². The number of likely N-dealkylation sites (N-methyl/N-ethyl adjacent to an activating group) is 1. The number of nitrogens with zero attached hydrogens (tertiary/aromatic N) is 2. The summed E-state index contributed by atoms with van der Waals surface area (Å²) in [6.07, 6.45) is 0.916. The third kappa shape index (κ3) is 2.79. The monoisotopic (exact) mass is 251 g/mol. The molecule has 2 N–H and O–H groups in total. The van der Waals surface area contributed by atoms with Crippen molar-refractivity contribution in [2.75, 3.05) is 39.0 Å². The molecule has 1 saturated heterocycles. The third-order valence-corrected chi connectivity index (χ3v) is 3.23. The van der Waals surface area contributed by atoms with Crippen molar-refractivity contribution in [2.45, 2.75) is 6.42 Å². The molecule has 0 unspecified atom stereocenters. The topological polar surface area (TPSA) is 49.6 Å². The van der Waals surface area contributed by atoms with Crippen molar-refractivity contribution in [1.82, 2.24) is 9.80 Å². The van der Waals surface area contributed by atoms with Crippen LogP contribution in [0.2, 0.25) is 0 Å². The molecule has 0 atom stereocenters. The fourth-order valence-electron chi connectivity index (χ4n) is 2.12. The van der Waals surface area contributed by atoms with E-state index in [1.807, 2.05) is 7.05 Å². The summed E-state index contributed by atoms with van der Waals surface area (Å²) in [6, 6.07) is 4.21. The van der Waals surface area contributed by atoms with Crippen LogP contribution in [0.4, 0.5) is 10.1 Å². The number of hydrogen-bond donors (Lipinski definition) is 1. The summed E-state index contributed by atoms with van der Waals surface area (Å²) in [4.78, 5) is 16.1. The van der Waals surface area contributed by atoms with Crippen LogP contribution in [-0.2, 0) is 0 Å². The van der Waals surface area contributed by atoms with Crippen molar-refractivity contribution >= 4 is 11.6 Å². The number of hydrogen-bond acceptors (Lipinski definition) is 3. The van der Waals surface area contributed by atoms with Crippen LogP contribution < -0.4 is 5.73 Å². The van der Waals surface area contributed by atoms with E-state index in [1.54, 1.807) is 11.0 Å². The second-order valence-corrected chi connectivity index (χ2v) is 4.69. The standard InChI is InChI=1S/C13H18FN3O/c1-16-5-2-6-17(8-7-16)13(18)11-4-3-10(15)9-12(11)14/h3-4,9H,2,5-8,15H2,1H3. The van der Waals surface area contributed by atoms with E-state index >= 15 is 0 Å². The van der Waals surface area contributed by atoms with Crippen LogP contribution in [0, 0.1) is 5.82 Å². The smallest absolute Gasteiger partial charge is 0.256 e. The molecule has 1 amide bonds. The lowest BCUT2D eigenvalue weighted by Crippen LogP contribution is -2.35. The summed E-state index contributed by atoms with van der Waals surface area (Å²) < 4.78 is 13.7. The Kier molecular flexibility index (Phi) is 3.81. The van der Waals surface area contributed by atoms with Crippen LogP contribution in [0.1, 0.15) is 16.8 Å². The fourth-order valence-corrected chi connectivity index (χ4v) is 2.12. The number of halogens is 1. The van der Waals surface area contributed by atoms with E-state index in [2.05, 4.69) is 4.90 Å². The van der Waals surface area contributed by atoms with Crippen molar-refractivity contribution in [3.63, 3.8) is 0 Å². The molecule has 0 bridgehead atoms. The highest BCUT2D eigenvalue weighted by Crippen LogP contribution is 2.15. The maximum absolute atomic E-state index is 13.7. The summed E-state index contributed by atoms with van der Waals surface area (Å²) in [6.45, 7) is 3.10. The van der Waals surface area contributed by atoms with Gasteiger partial charge in [0.2, 0.25) is 0 Å². The maximum Gasteiger partial charge on any atom is 0.256 e. The molecular weight excluding hydrogens is 233 g/mol. The predicted molar refractivity (Wildman–Crippen MR) is 68.8 cm³/mol. The molecule has 4 nitrogen and oxygen atoms in total. The molecule has 2 rings (SSSR count). The molecule has 0 spiro atoms. The summed E-state index contributed by atoms with van der Waals surface area (Å²) in [5, 5.41) is 0. The second kappa shape index (κ2) is 5.35. The quantitative estimate of drug-likeness (QED) is 0.763. The highest BCUT2D eigenvalue weighted by atomic mass is 19.1. The normalized spacial score (nSPS) is 17.6. The van der Waals surface area contributed by atoms with Crippen LogP contribution in [0.15, 0.2) is 18.2 Å². The van der Waals surface area contributed by atoms with Crippen LogP contribution in [0.25, 0.3) is 0 Å². The Morgan fingerprint density at radius 2 is 2.06 bits per heavy atom. The Labute approximate surface area is 106 Å². The predicted octanol–water partition coefficient (Wildman–Crippen LogP) is 1.19. The van der Waals surface area contributed by atoms with E-state index in [1.165, 1.54) is 12.1 Å². The summed E-state index contributed by atoms with van der Waals surface area (Å²) in [5.41, 5.74) is 5.92. The number of benzene rings is 1. The van der Waals surface area contributed by atoms with Crippen LogP contribution in [0.5, 0.6) is 0 Å². The zero-order chi connectivity index (χ0) is 13.1. The second-order valence-electron chi connectivity index (χ2n) is 4.69. The average molecular weight is 251 g/mol. The Balaban J connectivity index is 2.15. The van der Waals surface area contributed by atoms with Gasteiger partial charge < -0.3 is 15.5 Å². The Hall–Kier alpha value is -1.62. The summed E-state index contributed by atoms with van der Waals surface area (Å²) >= 11 is 0. The number of carbonyl (C=O) groups is 1. The zero-order valence-corrected chi connectivity index (χ0v) is 10.5. The molecule has 1 aliphatic rings. The Morgan fingerprint density at radius 3 is 2.78 bits per heavy atom. The molecule has 1 aliphatic heterocycles. The van der Waals surface area contributed by atoms with Gasteiger partial charge in [-0.05, 0) is 38.2 Å². The molecule has 1 fully saturated rings. The average Bonchev–Trinajstić information content (AvgIpc) is 2.53. The van der Waals surface area contributed by atoms with Crippen molar-refractivity contribution in [2.24, 2.45) is 0 Å². The molecule has 1 aromatic rings. The number of nitrogens with two attached hydrogens (primary N) is 1. The molecule has 1 aromatic carbocycles. The van der Waals surface area contributed by atoms with E-state index in [4.69, 9.17) is 5.73 Å². The first kappa shape index (κ1) is 12.8. The first-order chi connectivity index (χ1) is 8.58. The van der Waals surface area contributed by atoms with Crippen LogP contribution in [-0.4, -0.2) is 48.9 Å². The Bertz CT molecular complexity index is 450.